The Kier molecular flexibility index (Phi) is 2.29. The molecule has 21 heavy (non-hydrogen) atoms. The third kappa shape index (κ3) is 1.68. The molecule has 1 aromatic heterocycles. The van der Waals surface area contributed by atoms with Gasteiger partial charge in [0.2, 0.25) is 5.72 Å². The van der Waals surface area contributed by atoms with Gasteiger partial charge in [-0.15, -0.1) is 0 Å². The molecule has 2 bridgehead atoms. The SMILES string of the molecule is c1cc2ccc(C3=N[C@@]4(CN5CCC4CC5)ON3)cc2[nH]1. The van der Waals surface area contributed by atoms with Gasteiger partial charge in [0, 0.05) is 23.2 Å². The van der Waals surface area contributed by atoms with Gasteiger partial charge < -0.3 is 4.98 Å². The van der Waals surface area contributed by atoms with Crippen molar-refractivity contribution in [3.05, 3.63) is 36.0 Å². The molecule has 5 heteroatoms. The number of nitrogens with one attached hydrogen (secondary N) is 2. The third-order valence-electron chi connectivity index (χ3n) is 5.13. The number of H-pyrrole nitrogens is 1. The normalized spacial score (nSPS) is 34.4. The van der Waals surface area contributed by atoms with Crippen molar-refractivity contribution in [1.29, 1.82) is 0 Å². The van der Waals surface area contributed by atoms with E-state index in [1.54, 1.807) is 0 Å². The molecule has 0 unspecified atom stereocenters. The number of fused-ring (bicyclic) bond motifs is 3. The molecule has 5 nitrogen and oxygen atoms in total. The first-order chi connectivity index (χ1) is 10.3. The quantitative estimate of drug-likeness (QED) is 0.839. The summed E-state index contributed by atoms with van der Waals surface area (Å²) in [7, 11) is 0. The lowest BCUT2D eigenvalue weighted by Gasteiger charge is -2.47. The monoisotopic (exact) mass is 282 g/mol. The highest BCUT2D eigenvalue weighted by Crippen LogP contribution is 2.40. The summed E-state index contributed by atoms with van der Waals surface area (Å²) in [6, 6.07) is 8.43. The standard InChI is InChI=1S/C16H18N4O/c1-2-12(9-14-11(1)3-6-17-14)15-18-16(21-19-15)10-20-7-4-13(16)5-8-20/h1-3,6,9,13,17H,4-5,7-8,10H2,(H,18,19)/t16-/m0/s1. The molecule has 2 N–H and O–H groups in total. The molecular formula is C16H18N4O. The number of aliphatic imine (C=N–C) groups is 1. The van der Waals surface area contributed by atoms with Crippen molar-refractivity contribution >= 4 is 16.7 Å². The maximum Gasteiger partial charge on any atom is 0.202 e. The summed E-state index contributed by atoms with van der Waals surface area (Å²) in [5, 5.41) is 1.22. The van der Waals surface area contributed by atoms with Crippen LogP contribution < -0.4 is 5.48 Å². The number of amidine groups is 1. The summed E-state index contributed by atoms with van der Waals surface area (Å²) >= 11 is 0. The van der Waals surface area contributed by atoms with Crippen LogP contribution in [0.1, 0.15) is 18.4 Å². The van der Waals surface area contributed by atoms with E-state index in [1.165, 1.54) is 31.3 Å². The van der Waals surface area contributed by atoms with Gasteiger partial charge in [-0.3, -0.25) is 4.90 Å². The van der Waals surface area contributed by atoms with E-state index in [9.17, 15) is 0 Å². The Morgan fingerprint density at radius 3 is 2.95 bits per heavy atom. The average molecular weight is 282 g/mol. The van der Waals surface area contributed by atoms with Gasteiger partial charge in [-0.05, 0) is 43.5 Å². The van der Waals surface area contributed by atoms with E-state index < -0.39 is 0 Å². The number of aromatic amines is 1. The Morgan fingerprint density at radius 2 is 2.14 bits per heavy atom. The Balaban J connectivity index is 1.53. The molecule has 5 heterocycles. The summed E-state index contributed by atoms with van der Waals surface area (Å²) in [5.74, 6) is 1.40. The molecule has 0 saturated carbocycles. The average Bonchev–Trinajstić information content (AvgIpc) is 3.15. The van der Waals surface area contributed by atoms with Crippen molar-refractivity contribution in [2.45, 2.75) is 18.6 Å². The highest BCUT2D eigenvalue weighted by Gasteiger charge is 2.51. The number of hydrogen-bond acceptors (Lipinski definition) is 4. The minimum Gasteiger partial charge on any atom is -0.361 e. The summed E-state index contributed by atoms with van der Waals surface area (Å²) in [6.07, 6.45) is 4.34. The van der Waals surface area contributed by atoms with Gasteiger partial charge >= 0.3 is 0 Å². The third-order valence-corrected chi connectivity index (χ3v) is 5.13. The van der Waals surface area contributed by atoms with Crippen LogP contribution >= 0.6 is 0 Å². The lowest BCUT2D eigenvalue weighted by atomic mass is 9.81. The fraction of sp³-hybridized carbons (Fsp3) is 0.438. The van der Waals surface area contributed by atoms with E-state index >= 15 is 0 Å². The highest BCUT2D eigenvalue weighted by molar-refractivity contribution is 6.01. The van der Waals surface area contributed by atoms with Crippen molar-refractivity contribution in [2.24, 2.45) is 10.9 Å². The van der Waals surface area contributed by atoms with Crippen LogP contribution in [0.2, 0.25) is 0 Å². The van der Waals surface area contributed by atoms with Gasteiger partial charge in [-0.2, -0.15) is 0 Å². The number of hydroxylamine groups is 1. The predicted molar refractivity (Wildman–Crippen MR) is 81.0 cm³/mol. The van der Waals surface area contributed by atoms with Crippen LogP contribution in [0.5, 0.6) is 0 Å². The maximum absolute atomic E-state index is 5.97. The first kappa shape index (κ1) is 11.8. The fourth-order valence-corrected chi connectivity index (χ4v) is 3.92. The van der Waals surface area contributed by atoms with E-state index in [0.717, 1.165) is 23.5 Å². The van der Waals surface area contributed by atoms with Crippen LogP contribution in [-0.2, 0) is 4.84 Å². The second-order valence-electron chi connectivity index (χ2n) is 6.34. The molecule has 0 amide bonds. The van der Waals surface area contributed by atoms with Crippen molar-refractivity contribution < 1.29 is 4.84 Å². The molecule has 4 aliphatic heterocycles. The molecule has 0 radical (unpaired) electrons. The van der Waals surface area contributed by atoms with Crippen LogP contribution in [0.4, 0.5) is 0 Å². The second-order valence-corrected chi connectivity index (χ2v) is 6.34. The zero-order valence-corrected chi connectivity index (χ0v) is 11.8. The minimum atomic E-state index is -0.365. The van der Waals surface area contributed by atoms with Gasteiger partial charge in [-0.25, -0.2) is 15.3 Å². The van der Waals surface area contributed by atoms with Gasteiger partial charge in [-0.1, -0.05) is 12.1 Å². The molecule has 108 valence electrons. The molecule has 4 aliphatic rings. The van der Waals surface area contributed by atoms with Gasteiger partial charge in [0.15, 0.2) is 5.84 Å². The lowest BCUT2D eigenvalue weighted by molar-refractivity contribution is -0.155. The van der Waals surface area contributed by atoms with E-state index in [0.29, 0.717) is 5.92 Å². The minimum absolute atomic E-state index is 0.365. The van der Waals surface area contributed by atoms with E-state index in [-0.39, 0.29) is 5.72 Å². The number of piperidine rings is 3. The zero-order chi connectivity index (χ0) is 13.9. The van der Waals surface area contributed by atoms with Gasteiger partial charge in [0.05, 0.1) is 6.54 Å². The highest BCUT2D eigenvalue weighted by atomic mass is 16.7. The number of hydrogen-bond donors (Lipinski definition) is 2. The largest absolute Gasteiger partial charge is 0.361 e. The lowest BCUT2D eigenvalue weighted by Crippen LogP contribution is -2.58. The van der Waals surface area contributed by atoms with Crippen molar-refractivity contribution in [2.75, 3.05) is 19.6 Å². The summed E-state index contributed by atoms with van der Waals surface area (Å²) < 4.78 is 0. The van der Waals surface area contributed by atoms with Crippen LogP contribution in [-0.4, -0.2) is 41.1 Å². The topological polar surface area (TPSA) is 52.6 Å². The second kappa shape index (κ2) is 4.08. The molecule has 3 saturated heterocycles. The first-order valence-corrected chi connectivity index (χ1v) is 7.66. The van der Waals surface area contributed by atoms with Gasteiger partial charge in [0.1, 0.15) is 0 Å². The Bertz CT molecular complexity index is 729. The predicted octanol–water partition coefficient (Wildman–Crippen LogP) is 1.87. The summed E-state index contributed by atoms with van der Waals surface area (Å²) in [6.45, 7) is 3.29. The fourth-order valence-electron chi connectivity index (χ4n) is 3.92. The van der Waals surface area contributed by atoms with Gasteiger partial charge in [0.25, 0.3) is 0 Å². The zero-order valence-electron chi connectivity index (χ0n) is 11.8. The molecule has 1 spiro atoms. The molecule has 2 aromatic rings. The molecule has 6 rings (SSSR count). The summed E-state index contributed by atoms with van der Waals surface area (Å²) in [4.78, 5) is 16.6. The molecule has 3 fully saturated rings. The Labute approximate surface area is 122 Å². The van der Waals surface area contributed by atoms with E-state index in [1.807, 2.05) is 6.20 Å². The first-order valence-electron chi connectivity index (χ1n) is 7.66. The number of aromatic nitrogens is 1. The van der Waals surface area contributed by atoms with Crippen LogP contribution in [0.15, 0.2) is 35.5 Å². The van der Waals surface area contributed by atoms with Crippen LogP contribution in [0.3, 0.4) is 0 Å². The van der Waals surface area contributed by atoms with Crippen molar-refractivity contribution in [3.63, 3.8) is 0 Å². The van der Waals surface area contributed by atoms with E-state index in [2.05, 4.69) is 39.6 Å². The Hall–Kier alpha value is -1.85. The van der Waals surface area contributed by atoms with Crippen molar-refractivity contribution in [1.82, 2.24) is 15.4 Å². The summed E-state index contributed by atoms with van der Waals surface area (Å²) in [5.41, 5.74) is 4.93. The smallest absolute Gasteiger partial charge is 0.202 e. The van der Waals surface area contributed by atoms with E-state index in [4.69, 9.17) is 9.83 Å². The van der Waals surface area contributed by atoms with Crippen LogP contribution in [0, 0.1) is 5.92 Å². The number of nitrogens with zero attached hydrogens (tertiary/aromatic N) is 2. The molecule has 1 aromatic carbocycles. The molecule has 1 atom stereocenters. The maximum atomic E-state index is 5.97. The number of benzene rings is 1. The van der Waals surface area contributed by atoms with Crippen LogP contribution in [0.25, 0.3) is 10.9 Å². The van der Waals surface area contributed by atoms with Crippen molar-refractivity contribution in [3.8, 4) is 0 Å². The molecule has 0 aliphatic carbocycles. The number of rotatable bonds is 1. The molecular weight excluding hydrogens is 264 g/mol. The Morgan fingerprint density at radius 1 is 1.24 bits per heavy atom.